The van der Waals surface area contributed by atoms with Crippen LogP contribution in [0, 0.1) is 11.8 Å². The van der Waals surface area contributed by atoms with E-state index in [4.69, 9.17) is 14.2 Å². The molecule has 0 aromatic carbocycles. The summed E-state index contributed by atoms with van der Waals surface area (Å²) in [4.78, 5) is 2.60. The summed E-state index contributed by atoms with van der Waals surface area (Å²) in [6.07, 6.45) is 6.39. The van der Waals surface area contributed by atoms with Crippen LogP contribution in [0.15, 0.2) is 0 Å². The van der Waals surface area contributed by atoms with Crippen LogP contribution in [-0.2, 0) is 14.2 Å². The molecule has 0 bridgehead atoms. The first-order valence-corrected chi connectivity index (χ1v) is 9.59. The summed E-state index contributed by atoms with van der Waals surface area (Å²) in [7, 11) is 1.81. The van der Waals surface area contributed by atoms with Crippen molar-refractivity contribution in [2.45, 2.75) is 58.9 Å². The van der Waals surface area contributed by atoms with E-state index in [2.05, 4.69) is 18.7 Å². The lowest BCUT2D eigenvalue weighted by molar-refractivity contribution is 0.00870. The van der Waals surface area contributed by atoms with Gasteiger partial charge in [0.2, 0.25) is 0 Å². The maximum atomic E-state index is 5.30. The maximum Gasteiger partial charge on any atom is 0.0516 e. The van der Waals surface area contributed by atoms with E-state index in [1.807, 2.05) is 6.92 Å². The van der Waals surface area contributed by atoms with E-state index in [0.29, 0.717) is 5.92 Å². The zero-order chi connectivity index (χ0) is 16.9. The van der Waals surface area contributed by atoms with Gasteiger partial charge in [-0.05, 0) is 65.0 Å². The third-order valence-corrected chi connectivity index (χ3v) is 5.08. The van der Waals surface area contributed by atoms with Gasteiger partial charge in [0, 0.05) is 38.9 Å². The fourth-order valence-corrected chi connectivity index (χ4v) is 3.28. The van der Waals surface area contributed by atoms with E-state index in [-0.39, 0.29) is 0 Å². The molecular weight excluding hydrogens is 290 g/mol. The van der Waals surface area contributed by atoms with Crippen LogP contribution in [0.2, 0.25) is 0 Å². The Morgan fingerprint density at radius 3 is 2.35 bits per heavy atom. The van der Waals surface area contributed by atoms with Gasteiger partial charge in [-0.2, -0.15) is 0 Å². The first-order chi connectivity index (χ1) is 11.2. The van der Waals surface area contributed by atoms with E-state index in [0.717, 1.165) is 45.0 Å². The Kier molecular flexibility index (Phi) is 12.0. The van der Waals surface area contributed by atoms with Crippen LogP contribution in [0.3, 0.4) is 0 Å². The highest BCUT2D eigenvalue weighted by molar-refractivity contribution is 4.75. The van der Waals surface area contributed by atoms with Crippen LogP contribution in [0.25, 0.3) is 0 Å². The van der Waals surface area contributed by atoms with Gasteiger partial charge < -0.3 is 19.1 Å². The lowest BCUT2D eigenvalue weighted by Crippen LogP contribution is -2.40. The molecule has 2 heterocycles. The van der Waals surface area contributed by atoms with E-state index in [9.17, 15) is 0 Å². The SMILES string of the molecule is CCC(C)N1CCC(COC)CC1.CCOCC1CCCOC1. The van der Waals surface area contributed by atoms with Crippen LogP contribution in [-0.4, -0.2) is 64.2 Å². The lowest BCUT2D eigenvalue weighted by Gasteiger charge is -2.35. The van der Waals surface area contributed by atoms with E-state index < -0.39 is 0 Å². The molecule has 2 aliphatic rings. The van der Waals surface area contributed by atoms with Crippen LogP contribution in [0.5, 0.6) is 0 Å². The van der Waals surface area contributed by atoms with Crippen molar-refractivity contribution in [2.75, 3.05) is 53.2 Å². The highest BCUT2D eigenvalue weighted by Crippen LogP contribution is 2.19. The Hall–Kier alpha value is -0.160. The monoisotopic (exact) mass is 329 g/mol. The van der Waals surface area contributed by atoms with Gasteiger partial charge in [-0.3, -0.25) is 0 Å². The molecular formula is C19H39NO3. The highest BCUT2D eigenvalue weighted by atomic mass is 16.5. The summed E-state index contributed by atoms with van der Waals surface area (Å²) in [5.74, 6) is 1.47. The van der Waals surface area contributed by atoms with Gasteiger partial charge in [-0.25, -0.2) is 0 Å². The Balaban J connectivity index is 0.000000238. The maximum absolute atomic E-state index is 5.30. The minimum Gasteiger partial charge on any atom is -0.384 e. The third-order valence-electron chi connectivity index (χ3n) is 5.08. The summed E-state index contributed by atoms with van der Waals surface area (Å²) in [6, 6.07) is 0.767. The smallest absolute Gasteiger partial charge is 0.0516 e. The summed E-state index contributed by atoms with van der Waals surface area (Å²) < 4.78 is 15.8. The second-order valence-corrected chi connectivity index (χ2v) is 6.93. The first kappa shape index (κ1) is 20.9. The van der Waals surface area contributed by atoms with Crippen molar-refractivity contribution in [1.29, 1.82) is 0 Å². The minimum absolute atomic E-state index is 0.661. The zero-order valence-electron chi connectivity index (χ0n) is 15.9. The minimum atomic E-state index is 0.661. The Morgan fingerprint density at radius 2 is 1.83 bits per heavy atom. The van der Waals surface area contributed by atoms with Gasteiger partial charge in [-0.15, -0.1) is 0 Å². The number of ether oxygens (including phenoxy) is 3. The van der Waals surface area contributed by atoms with Gasteiger partial charge >= 0.3 is 0 Å². The van der Waals surface area contributed by atoms with Crippen LogP contribution in [0.4, 0.5) is 0 Å². The number of piperidine rings is 1. The van der Waals surface area contributed by atoms with Gasteiger partial charge in [0.05, 0.1) is 13.2 Å². The second kappa shape index (κ2) is 13.2. The van der Waals surface area contributed by atoms with Crippen LogP contribution < -0.4 is 0 Å². The molecule has 138 valence electrons. The third kappa shape index (κ3) is 9.04. The summed E-state index contributed by atoms with van der Waals surface area (Å²) >= 11 is 0. The van der Waals surface area contributed by atoms with Crippen molar-refractivity contribution in [3.05, 3.63) is 0 Å². The molecule has 2 fully saturated rings. The largest absolute Gasteiger partial charge is 0.384 e. The lowest BCUT2D eigenvalue weighted by atomic mass is 9.96. The molecule has 4 nitrogen and oxygen atoms in total. The molecule has 0 radical (unpaired) electrons. The van der Waals surface area contributed by atoms with Crippen molar-refractivity contribution < 1.29 is 14.2 Å². The van der Waals surface area contributed by atoms with E-state index >= 15 is 0 Å². The number of methoxy groups -OCH3 is 1. The molecule has 2 saturated heterocycles. The number of rotatable bonds is 7. The highest BCUT2D eigenvalue weighted by Gasteiger charge is 2.21. The zero-order valence-corrected chi connectivity index (χ0v) is 15.9. The molecule has 0 aromatic heterocycles. The molecule has 0 spiro atoms. The van der Waals surface area contributed by atoms with E-state index in [1.165, 1.54) is 45.2 Å². The number of nitrogens with zero attached hydrogens (tertiary/aromatic N) is 1. The molecule has 2 unspecified atom stereocenters. The molecule has 0 aliphatic carbocycles. The topological polar surface area (TPSA) is 30.9 Å². The first-order valence-electron chi connectivity index (χ1n) is 9.59. The number of likely N-dealkylation sites (tertiary alicyclic amines) is 1. The number of hydrogen-bond acceptors (Lipinski definition) is 4. The summed E-state index contributed by atoms with van der Waals surface area (Å²) in [6.45, 7) is 13.7. The molecule has 2 aliphatic heterocycles. The average Bonchev–Trinajstić information content (AvgIpc) is 2.61. The van der Waals surface area contributed by atoms with E-state index in [1.54, 1.807) is 7.11 Å². The second-order valence-electron chi connectivity index (χ2n) is 6.93. The van der Waals surface area contributed by atoms with Crippen molar-refractivity contribution in [3.8, 4) is 0 Å². The standard InChI is InChI=1S/C11H23NO.C8H16O2/c1-4-10(2)12-7-5-11(6-8-12)9-13-3;1-2-9-6-8-4-3-5-10-7-8/h10-11H,4-9H2,1-3H3;8H,2-7H2,1H3. The fraction of sp³-hybridized carbons (Fsp3) is 1.00. The Labute approximate surface area is 143 Å². The van der Waals surface area contributed by atoms with Crippen molar-refractivity contribution in [1.82, 2.24) is 4.90 Å². The molecule has 23 heavy (non-hydrogen) atoms. The van der Waals surface area contributed by atoms with Crippen molar-refractivity contribution in [3.63, 3.8) is 0 Å². The van der Waals surface area contributed by atoms with Crippen LogP contribution in [0.1, 0.15) is 52.9 Å². The van der Waals surface area contributed by atoms with Gasteiger partial charge in [0.1, 0.15) is 0 Å². The predicted octanol–water partition coefficient (Wildman–Crippen LogP) is 3.59. The average molecular weight is 330 g/mol. The Bertz CT molecular complexity index is 261. The Morgan fingerprint density at radius 1 is 1.09 bits per heavy atom. The van der Waals surface area contributed by atoms with Gasteiger partial charge in [0.25, 0.3) is 0 Å². The predicted molar refractivity (Wildman–Crippen MR) is 96.0 cm³/mol. The molecule has 4 heteroatoms. The molecule has 0 saturated carbocycles. The normalized spacial score (nSPS) is 24.8. The quantitative estimate of drug-likeness (QED) is 0.714. The summed E-state index contributed by atoms with van der Waals surface area (Å²) in [5.41, 5.74) is 0. The molecule has 2 atom stereocenters. The molecule has 0 aromatic rings. The van der Waals surface area contributed by atoms with Crippen molar-refractivity contribution >= 4 is 0 Å². The van der Waals surface area contributed by atoms with Crippen molar-refractivity contribution in [2.24, 2.45) is 11.8 Å². The number of hydrogen-bond donors (Lipinski definition) is 0. The molecule has 2 rings (SSSR count). The van der Waals surface area contributed by atoms with Gasteiger partial charge in [0.15, 0.2) is 0 Å². The molecule has 0 amide bonds. The van der Waals surface area contributed by atoms with Gasteiger partial charge in [-0.1, -0.05) is 6.92 Å². The summed E-state index contributed by atoms with van der Waals surface area (Å²) in [5, 5.41) is 0. The fourth-order valence-electron chi connectivity index (χ4n) is 3.28. The van der Waals surface area contributed by atoms with Crippen LogP contribution >= 0.6 is 0 Å². The molecule has 0 N–H and O–H groups in total.